The number of aromatic nitrogens is 1. The van der Waals surface area contributed by atoms with Gasteiger partial charge in [0.25, 0.3) is 0 Å². The zero-order valence-corrected chi connectivity index (χ0v) is 14.9. The molecule has 132 valence electrons. The third-order valence-electron chi connectivity index (χ3n) is 5.24. The molecule has 1 amide bonds. The van der Waals surface area contributed by atoms with E-state index in [-0.39, 0.29) is 17.7 Å². The molecule has 1 fully saturated rings. The summed E-state index contributed by atoms with van der Waals surface area (Å²) >= 11 is 0. The van der Waals surface area contributed by atoms with Gasteiger partial charge in [0.15, 0.2) is 5.78 Å². The third kappa shape index (κ3) is 3.03. The molecule has 4 rings (SSSR count). The van der Waals surface area contributed by atoms with Crippen LogP contribution in [0.5, 0.6) is 0 Å². The number of hydrogen-bond donors (Lipinski definition) is 0. The first kappa shape index (κ1) is 16.6. The van der Waals surface area contributed by atoms with E-state index in [4.69, 9.17) is 0 Å². The van der Waals surface area contributed by atoms with Gasteiger partial charge in [0.05, 0.1) is 6.04 Å². The van der Waals surface area contributed by atoms with Crippen molar-refractivity contribution in [1.82, 2.24) is 9.47 Å². The second-order valence-electron chi connectivity index (χ2n) is 6.98. The maximum absolute atomic E-state index is 12.7. The van der Waals surface area contributed by atoms with Crippen molar-refractivity contribution in [2.24, 2.45) is 7.05 Å². The highest BCUT2D eigenvalue weighted by Crippen LogP contribution is 2.26. The number of hydrogen-bond acceptors (Lipinski definition) is 2. The summed E-state index contributed by atoms with van der Waals surface area (Å²) in [6.07, 6.45) is 3.31. The van der Waals surface area contributed by atoms with Crippen LogP contribution in [0.4, 0.5) is 0 Å². The number of amides is 1. The molecule has 1 aliphatic rings. The molecule has 1 atom stereocenters. The van der Waals surface area contributed by atoms with Gasteiger partial charge in [0.1, 0.15) is 0 Å². The molecule has 26 heavy (non-hydrogen) atoms. The molecule has 1 saturated heterocycles. The lowest BCUT2D eigenvalue weighted by atomic mass is 9.93. The Morgan fingerprint density at radius 1 is 0.962 bits per heavy atom. The van der Waals surface area contributed by atoms with Gasteiger partial charge in [-0.1, -0.05) is 48.5 Å². The summed E-state index contributed by atoms with van der Waals surface area (Å²) in [7, 11) is 2.02. The van der Waals surface area contributed by atoms with Crippen LogP contribution in [0, 0.1) is 0 Å². The van der Waals surface area contributed by atoms with Crippen LogP contribution < -0.4 is 0 Å². The first-order valence-electron chi connectivity index (χ1n) is 9.02. The number of carbonyl (C=O) groups excluding carboxylic acids is 2. The van der Waals surface area contributed by atoms with Crippen molar-refractivity contribution in [2.45, 2.75) is 31.8 Å². The number of ketones is 1. The van der Waals surface area contributed by atoms with Crippen LogP contribution in [-0.4, -0.2) is 27.2 Å². The van der Waals surface area contributed by atoms with Crippen LogP contribution >= 0.6 is 0 Å². The van der Waals surface area contributed by atoms with Gasteiger partial charge in [-0.15, -0.1) is 0 Å². The summed E-state index contributed by atoms with van der Waals surface area (Å²) in [6.45, 7) is 0.487. The van der Waals surface area contributed by atoms with Gasteiger partial charge < -0.3 is 9.47 Å². The van der Waals surface area contributed by atoms with E-state index in [1.165, 1.54) is 0 Å². The number of nitrogens with zero attached hydrogens (tertiary/aromatic N) is 2. The molecule has 4 nitrogen and oxygen atoms in total. The molecule has 0 bridgehead atoms. The molecule has 0 N–H and O–H groups in total. The number of piperidine rings is 1. The largest absolute Gasteiger partial charge is 0.350 e. The molecular formula is C22H22N2O2. The summed E-state index contributed by atoms with van der Waals surface area (Å²) in [6, 6.07) is 17.7. The van der Waals surface area contributed by atoms with Crippen molar-refractivity contribution in [3.05, 3.63) is 71.9 Å². The number of benzene rings is 2. The molecule has 0 aliphatic carbocycles. The Hall–Kier alpha value is -2.88. The molecule has 0 radical (unpaired) electrons. The maximum atomic E-state index is 12.7. The summed E-state index contributed by atoms with van der Waals surface area (Å²) < 4.78 is 2.08. The lowest BCUT2D eigenvalue weighted by molar-refractivity contribution is -0.145. The smallest absolute Gasteiger partial charge is 0.223 e. The van der Waals surface area contributed by atoms with Gasteiger partial charge in [-0.05, 0) is 17.2 Å². The minimum Gasteiger partial charge on any atom is -0.350 e. The van der Waals surface area contributed by atoms with Crippen molar-refractivity contribution in [3.8, 4) is 0 Å². The highest BCUT2D eigenvalue weighted by atomic mass is 16.2. The van der Waals surface area contributed by atoms with Gasteiger partial charge in [-0.25, -0.2) is 0 Å². The number of likely N-dealkylation sites (tertiary alicyclic amines) is 1. The van der Waals surface area contributed by atoms with E-state index in [2.05, 4.69) is 22.9 Å². The number of aryl methyl sites for hydroxylation is 1. The number of Topliss-reactive ketones (excluding diaryl/α,β-unsaturated/α-hetero) is 1. The van der Waals surface area contributed by atoms with Crippen molar-refractivity contribution in [3.63, 3.8) is 0 Å². The molecular weight excluding hydrogens is 324 g/mol. The minimum absolute atomic E-state index is 0.0682. The minimum atomic E-state index is -0.387. The Labute approximate surface area is 153 Å². The number of para-hydroxylation sites is 1. The topological polar surface area (TPSA) is 42.3 Å². The van der Waals surface area contributed by atoms with Crippen LogP contribution in [0.25, 0.3) is 10.9 Å². The van der Waals surface area contributed by atoms with Gasteiger partial charge in [0, 0.05) is 50.0 Å². The van der Waals surface area contributed by atoms with E-state index in [0.29, 0.717) is 25.8 Å². The maximum Gasteiger partial charge on any atom is 0.223 e. The zero-order chi connectivity index (χ0) is 18.1. The predicted octanol–water partition coefficient (Wildman–Crippen LogP) is 3.48. The summed E-state index contributed by atoms with van der Waals surface area (Å²) in [5, 5.41) is 1.15. The zero-order valence-electron chi connectivity index (χ0n) is 14.9. The Bertz CT molecular complexity index is 959. The molecule has 0 spiro atoms. The summed E-state index contributed by atoms with van der Waals surface area (Å²) in [4.78, 5) is 27.0. The Kier molecular flexibility index (Phi) is 4.33. The molecule has 2 heterocycles. The highest BCUT2D eigenvalue weighted by molar-refractivity contribution is 5.96. The lowest BCUT2D eigenvalue weighted by Crippen LogP contribution is -2.49. The molecule has 3 aromatic rings. The molecule has 1 unspecified atom stereocenters. The van der Waals surface area contributed by atoms with E-state index < -0.39 is 0 Å². The van der Waals surface area contributed by atoms with E-state index in [0.717, 1.165) is 22.0 Å². The second kappa shape index (κ2) is 6.79. The number of rotatable bonds is 4. The van der Waals surface area contributed by atoms with E-state index in [1.54, 1.807) is 4.90 Å². The van der Waals surface area contributed by atoms with Crippen molar-refractivity contribution in [2.75, 3.05) is 0 Å². The monoisotopic (exact) mass is 346 g/mol. The van der Waals surface area contributed by atoms with E-state index in [1.807, 2.05) is 49.5 Å². The van der Waals surface area contributed by atoms with Gasteiger partial charge in [0.2, 0.25) is 5.91 Å². The van der Waals surface area contributed by atoms with Crippen LogP contribution in [0.3, 0.4) is 0 Å². The Morgan fingerprint density at radius 2 is 1.69 bits per heavy atom. The molecule has 2 aromatic carbocycles. The summed E-state index contributed by atoms with van der Waals surface area (Å²) in [5.74, 6) is 0.229. The fraction of sp³-hybridized carbons (Fsp3) is 0.273. The molecule has 4 heteroatoms. The van der Waals surface area contributed by atoms with Crippen molar-refractivity contribution in [1.29, 1.82) is 0 Å². The van der Waals surface area contributed by atoms with Gasteiger partial charge >= 0.3 is 0 Å². The Morgan fingerprint density at radius 3 is 2.50 bits per heavy atom. The third-order valence-corrected chi connectivity index (χ3v) is 5.24. The fourth-order valence-corrected chi connectivity index (χ4v) is 3.89. The van der Waals surface area contributed by atoms with Crippen LogP contribution in [-0.2, 0) is 29.6 Å². The normalized spacial score (nSPS) is 17.9. The van der Waals surface area contributed by atoms with Gasteiger partial charge in [-0.3, -0.25) is 9.59 Å². The number of fused-ring (bicyclic) bond motifs is 1. The fourth-order valence-electron chi connectivity index (χ4n) is 3.89. The summed E-state index contributed by atoms with van der Waals surface area (Å²) in [5.41, 5.74) is 3.32. The van der Waals surface area contributed by atoms with Crippen LogP contribution in [0.15, 0.2) is 60.8 Å². The van der Waals surface area contributed by atoms with E-state index in [9.17, 15) is 9.59 Å². The van der Waals surface area contributed by atoms with Crippen molar-refractivity contribution < 1.29 is 9.59 Å². The first-order chi connectivity index (χ1) is 12.6. The first-order valence-corrected chi connectivity index (χ1v) is 9.02. The van der Waals surface area contributed by atoms with Crippen molar-refractivity contribution >= 4 is 22.6 Å². The Balaban J connectivity index is 1.66. The second-order valence-corrected chi connectivity index (χ2v) is 6.98. The quantitative estimate of drug-likeness (QED) is 0.726. The average Bonchev–Trinajstić information content (AvgIpc) is 2.98. The standard InChI is InChI=1S/C22H22N2O2/c1-23-15-17(18-9-5-6-10-19(18)23)13-20-21(25)11-12-22(26)24(20)14-16-7-3-2-4-8-16/h2-10,15,20H,11-14H2,1H3. The molecule has 1 aromatic heterocycles. The average molecular weight is 346 g/mol. The molecule has 0 saturated carbocycles. The van der Waals surface area contributed by atoms with Gasteiger partial charge in [-0.2, -0.15) is 0 Å². The SMILES string of the molecule is Cn1cc(CC2C(=O)CCC(=O)N2Cc2ccccc2)c2ccccc21. The lowest BCUT2D eigenvalue weighted by Gasteiger charge is -2.34. The highest BCUT2D eigenvalue weighted by Gasteiger charge is 2.34. The van der Waals surface area contributed by atoms with Crippen LogP contribution in [0.2, 0.25) is 0 Å². The number of carbonyl (C=O) groups is 2. The predicted molar refractivity (Wildman–Crippen MR) is 102 cm³/mol. The molecule has 1 aliphatic heterocycles. The van der Waals surface area contributed by atoms with Crippen LogP contribution in [0.1, 0.15) is 24.0 Å². The van der Waals surface area contributed by atoms with E-state index >= 15 is 0 Å².